The maximum absolute atomic E-state index is 12.3. The van der Waals surface area contributed by atoms with Crippen LogP contribution in [0.1, 0.15) is 10.5 Å². The third-order valence-electron chi connectivity index (χ3n) is 3.50. The standard InChI is InChI=1S/C17H12N2O2/c20-17(15-9-11-5-1-3-7-13(11)19-15)21-16-10-18-14-8-4-2-6-12(14)16/h1-10,18-19H. The Hall–Kier alpha value is -3.01. The molecule has 2 heterocycles. The fraction of sp³-hybridized carbons (Fsp3) is 0. The van der Waals surface area contributed by atoms with E-state index in [4.69, 9.17) is 4.74 Å². The van der Waals surface area contributed by atoms with E-state index in [0.29, 0.717) is 11.4 Å². The molecule has 0 aliphatic rings. The molecule has 102 valence electrons. The number of aromatic nitrogens is 2. The van der Waals surface area contributed by atoms with Gasteiger partial charge in [0.05, 0.1) is 0 Å². The van der Waals surface area contributed by atoms with Crippen LogP contribution < -0.4 is 4.74 Å². The quantitative estimate of drug-likeness (QED) is 0.546. The number of nitrogens with one attached hydrogen (secondary N) is 2. The number of benzene rings is 2. The average Bonchev–Trinajstić information content (AvgIpc) is 3.11. The van der Waals surface area contributed by atoms with Crippen molar-refractivity contribution in [1.29, 1.82) is 0 Å². The molecule has 4 aromatic rings. The highest BCUT2D eigenvalue weighted by Crippen LogP contribution is 2.26. The zero-order valence-electron chi connectivity index (χ0n) is 11.1. The van der Waals surface area contributed by atoms with E-state index in [2.05, 4.69) is 9.97 Å². The van der Waals surface area contributed by atoms with Gasteiger partial charge in [-0.15, -0.1) is 0 Å². The van der Waals surface area contributed by atoms with Crippen molar-refractivity contribution in [3.63, 3.8) is 0 Å². The van der Waals surface area contributed by atoms with Crippen molar-refractivity contribution in [2.45, 2.75) is 0 Å². The maximum Gasteiger partial charge on any atom is 0.360 e. The molecule has 4 nitrogen and oxygen atoms in total. The summed E-state index contributed by atoms with van der Waals surface area (Å²) >= 11 is 0. The molecule has 0 bridgehead atoms. The molecule has 2 aromatic carbocycles. The Morgan fingerprint density at radius 2 is 1.71 bits per heavy atom. The first-order chi connectivity index (χ1) is 10.3. The van der Waals surface area contributed by atoms with Crippen molar-refractivity contribution in [2.75, 3.05) is 0 Å². The molecule has 0 amide bonds. The number of carbonyl (C=O) groups excluding carboxylic acids is 1. The van der Waals surface area contributed by atoms with Crippen LogP contribution in [0.15, 0.2) is 60.8 Å². The molecule has 2 N–H and O–H groups in total. The van der Waals surface area contributed by atoms with Gasteiger partial charge in [0.25, 0.3) is 0 Å². The minimum atomic E-state index is -0.393. The zero-order chi connectivity index (χ0) is 14.2. The fourth-order valence-electron chi connectivity index (χ4n) is 2.47. The van der Waals surface area contributed by atoms with Crippen molar-refractivity contribution in [3.05, 3.63) is 66.5 Å². The molecule has 4 rings (SSSR count). The Bertz CT molecular complexity index is 916. The van der Waals surface area contributed by atoms with E-state index >= 15 is 0 Å². The lowest BCUT2D eigenvalue weighted by molar-refractivity contribution is 0.0732. The summed E-state index contributed by atoms with van der Waals surface area (Å²) in [5.41, 5.74) is 2.31. The van der Waals surface area contributed by atoms with Gasteiger partial charge in [-0.1, -0.05) is 30.3 Å². The molecule has 4 heteroatoms. The minimum Gasteiger partial charge on any atom is -0.420 e. The second-order valence-corrected chi connectivity index (χ2v) is 4.86. The first-order valence-corrected chi connectivity index (χ1v) is 6.67. The van der Waals surface area contributed by atoms with Crippen LogP contribution >= 0.6 is 0 Å². The molecule has 0 saturated carbocycles. The third kappa shape index (κ3) is 1.97. The van der Waals surface area contributed by atoms with Crippen LogP contribution in [-0.4, -0.2) is 15.9 Å². The molecular weight excluding hydrogens is 264 g/mol. The topological polar surface area (TPSA) is 57.9 Å². The lowest BCUT2D eigenvalue weighted by Gasteiger charge is -2.00. The highest BCUT2D eigenvalue weighted by molar-refractivity contribution is 5.97. The number of hydrogen-bond donors (Lipinski definition) is 2. The largest absolute Gasteiger partial charge is 0.420 e. The van der Waals surface area contributed by atoms with Gasteiger partial charge >= 0.3 is 5.97 Å². The van der Waals surface area contributed by atoms with Gasteiger partial charge in [0, 0.05) is 28.0 Å². The van der Waals surface area contributed by atoms with Crippen molar-refractivity contribution in [2.24, 2.45) is 0 Å². The number of carbonyl (C=O) groups is 1. The zero-order valence-corrected chi connectivity index (χ0v) is 11.1. The van der Waals surface area contributed by atoms with Crippen LogP contribution in [0.3, 0.4) is 0 Å². The number of rotatable bonds is 2. The maximum atomic E-state index is 12.3. The molecule has 0 atom stereocenters. The monoisotopic (exact) mass is 276 g/mol. The third-order valence-corrected chi connectivity index (χ3v) is 3.50. The number of hydrogen-bond acceptors (Lipinski definition) is 2. The van der Waals surface area contributed by atoms with Crippen molar-refractivity contribution < 1.29 is 9.53 Å². The smallest absolute Gasteiger partial charge is 0.360 e. The molecule has 0 spiro atoms. The number of esters is 1. The predicted octanol–water partition coefficient (Wildman–Crippen LogP) is 3.87. The van der Waals surface area contributed by atoms with E-state index in [0.717, 1.165) is 21.8 Å². The Kier molecular flexibility index (Phi) is 2.54. The van der Waals surface area contributed by atoms with Crippen LogP contribution in [0.25, 0.3) is 21.8 Å². The summed E-state index contributed by atoms with van der Waals surface area (Å²) in [6.07, 6.45) is 1.70. The van der Waals surface area contributed by atoms with Crippen LogP contribution in [0.4, 0.5) is 0 Å². The van der Waals surface area contributed by atoms with Gasteiger partial charge in [0.2, 0.25) is 0 Å². The predicted molar refractivity (Wildman–Crippen MR) is 81.6 cm³/mol. The second kappa shape index (κ2) is 4.52. The Labute approximate surface area is 120 Å². The lowest BCUT2D eigenvalue weighted by atomic mass is 10.2. The minimum absolute atomic E-state index is 0.393. The van der Waals surface area contributed by atoms with E-state index in [1.165, 1.54) is 0 Å². The SMILES string of the molecule is O=C(Oc1c[nH]c2ccccc12)c1cc2ccccc2[nH]1. The number of ether oxygens (including phenoxy) is 1. The van der Waals surface area contributed by atoms with Crippen molar-refractivity contribution >= 4 is 27.8 Å². The lowest BCUT2D eigenvalue weighted by Crippen LogP contribution is -2.08. The average molecular weight is 276 g/mol. The van der Waals surface area contributed by atoms with E-state index < -0.39 is 5.97 Å². The summed E-state index contributed by atoms with van der Waals surface area (Å²) in [6.45, 7) is 0. The van der Waals surface area contributed by atoms with Crippen LogP contribution in [0, 0.1) is 0 Å². The van der Waals surface area contributed by atoms with Gasteiger partial charge in [0.15, 0.2) is 5.75 Å². The number of aromatic amines is 2. The van der Waals surface area contributed by atoms with Gasteiger partial charge in [-0.2, -0.15) is 0 Å². The summed E-state index contributed by atoms with van der Waals surface area (Å²) in [6, 6.07) is 17.2. The van der Waals surface area contributed by atoms with E-state index in [1.807, 2.05) is 48.5 Å². The highest BCUT2D eigenvalue weighted by Gasteiger charge is 2.14. The summed E-state index contributed by atoms with van der Waals surface area (Å²) < 4.78 is 5.48. The van der Waals surface area contributed by atoms with Gasteiger partial charge in [-0.05, 0) is 24.3 Å². The van der Waals surface area contributed by atoms with E-state index in [1.54, 1.807) is 12.3 Å². The van der Waals surface area contributed by atoms with Gasteiger partial charge in [0.1, 0.15) is 5.69 Å². The van der Waals surface area contributed by atoms with Crippen molar-refractivity contribution in [1.82, 2.24) is 9.97 Å². The molecular formula is C17H12N2O2. The Balaban J connectivity index is 1.69. The molecule has 21 heavy (non-hydrogen) atoms. The van der Waals surface area contributed by atoms with Gasteiger partial charge < -0.3 is 14.7 Å². The first kappa shape index (κ1) is 11.8. The fourth-order valence-corrected chi connectivity index (χ4v) is 2.47. The summed E-state index contributed by atoms with van der Waals surface area (Å²) in [5, 5.41) is 1.88. The molecule has 0 radical (unpaired) electrons. The number of fused-ring (bicyclic) bond motifs is 2. The summed E-state index contributed by atoms with van der Waals surface area (Å²) in [7, 11) is 0. The normalized spacial score (nSPS) is 11.0. The van der Waals surface area contributed by atoms with E-state index in [9.17, 15) is 4.79 Å². The first-order valence-electron chi connectivity index (χ1n) is 6.67. The molecule has 0 unspecified atom stereocenters. The van der Waals surface area contributed by atoms with Crippen LogP contribution in [0.5, 0.6) is 5.75 Å². The molecule has 0 saturated heterocycles. The summed E-state index contributed by atoms with van der Waals surface area (Å²) in [4.78, 5) is 18.4. The molecule has 0 aliphatic heterocycles. The summed E-state index contributed by atoms with van der Waals surface area (Å²) in [5.74, 6) is 0.144. The van der Waals surface area contributed by atoms with Crippen LogP contribution in [-0.2, 0) is 0 Å². The Morgan fingerprint density at radius 3 is 2.57 bits per heavy atom. The molecule has 0 aliphatic carbocycles. The molecule has 0 fully saturated rings. The van der Waals surface area contributed by atoms with Crippen LogP contribution in [0.2, 0.25) is 0 Å². The molecule has 2 aromatic heterocycles. The van der Waals surface area contributed by atoms with Gasteiger partial charge in [-0.3, -0.25) is 0 Å². The highest BCUT2D eigenvalue weighted by atomic mass is 16.5. The van der Waals surface area contributed by atoms with E-state index in [-0.39, 0.29) is 0 Å². The number of H-pyrrole nitrogens is 2. The van der Waals surface area contributed by atoms with Crippen molar-refractivity contribution in [3.8, 4) is 5.75 Å². The number of para-hydroxylation sites is 2. The second-order valence-electron chi connectivity index (χ2n) is 4.86. The Morgan fingerprint density at radius 1 is 0.952 bits per heavy atom. The van der Waals surface area contributed by atoms with Gasteiger partial charge in [-0.25, -0.2) is 4.79 Å².